The van der Waals surface area contributed by atoms with Gasteiger partial charge in [0.15, 0.2) is 0 Å². The summed E-state index contributed by atoms with van der Waals surface area (Å²) in [4.78, 5) is 2.78. The number of hydrogen-bond donors (Lipinski definition) is 1. The second-order valence-corrected chi connectivity index (χ2v) is 7.75. The van der Waals surface area contributed by atoms with Gasteiger partial charge in [-0.1, -0.05) is 0 Å². The number of fused-ring (bicyclic) bond motifs is 2. The van der Waals surface area contributed by atoms with E-state index in [4.69, 9.17) is 19.9 Å². The predicted octanol–water partition coefficient (Wildman–Crippen LogP) is 2.23. The van der Waals surface area contributed by atoms with Crippen LogP contribution in [0.1, 0.15) is 51.5 Å². The summed E-state index contributed by atoms with van der Waals surface area (Å²) in [7, 11) is 0. The number of anilines is 1. The summed E-state index contributed by atoms with van der Waals surface area (Å²) < 4.78 is 18.7. The Kier molecular flexibility index (Phi) is 5.66. The lowest BCUT2D eigenvalue weighted by Crippen LogP contribution is -2.52. The second kappa shape index (κ2) is 8.15. The van der Waals surface area contributed by atoms with Crippen LogP contribution in [0.5, 0.6) is 5.88 Å². The molecule has 1 aliphatic carbocycles. The van der Waals surface area contributed by atoms with Crippen LogP contribution in [0.4, 0.5) is 5.69 Å². The first-order valence-corrected chi connectivity index (χ1v) is 10.2. The van der Waals surface area contributed by atoms with Crippen LogP contribution in [-0.2, 0) is 9.47 Å². The van der Waals surface area contributed by atoms with E-state index in [2.05, 4.69) is 10.00 Å². The Bertz CT molecular complexity index is 569. The van der Waals surface area contributed by atoms with Crippen LogP contribution in [0, 0.1) is 0 Å². The third-order valence-electron chi connectivity index (χ3n) is 6.15. The quantitative estimate of drug-likeness (QED) is 0.748. The van der Waals surface area contributed by atoms with Crippen LogP contribution in [0.2, 0.25) is 0 Å². The summed E-state index contributed by atoms with van der Waals surface area (Å²) in [6, 6.07) is 2.45. The third kappa shape index (κ3) is 3.70. The number of nitrogen functional groups attached to an aromatic ring is 1. The Hall–Kier alpha value is -1.31. The standard InChI is InChI=1S/C19H32N4O3/c1-2-24-9-10-26-19-18(20)11-22(21-19)14-3-5-15(6-4-14)23-16-7-8-17(23)13-25-12-16/h11,14-17H,2-10,12-13,20H2,1H3/t14-,15-,16-,17+. The number of morpholine rings is 1. The minimum Gasteiger partial charge on any atom is -0.473 e. The molecule has 4 rings (SSSR count). The average Bonchev–Trinajstić information content (AvgIpc) is 3.15. The molecule has 1 aromatic rings. The maximum absolute atomic E-state index is 6.08. The fourth-order valence-corrected chi connectivity index (χ4v) is 4.91. The molecule has 2 atom stereocenters. The Morgan fingerprint density at radius 1 is 1.04 bits per heavy atom. The lowest BCUT2D eigenvalue weighted by Gasteiger charge is -2.43. The monoisotopic (exact) mass is 364 g/mol. The molecule has 1 saturated carbocycles. The summed E-state index contributed by atoms with van der Waals surface area (Å²) >= 11 is 0. The normalized spacial score (nSPS) is 32.0. The molecule has 7 heteroatoms. The van der Waals surface area contributed by atoms with Gasteiger partial charge in [0, 0.05) is 24.7 Å². The number of aromatic nitrogens is 2. The van der Waals surface area contributed by atoms with Crippen molar-refractivity contribution in [2.75, 3.05) is 38.8 Å². The molecule has 7 nitrogen and oxygen atoms in total. The van der Waals surface area contributed by atoms with E-state index >= 15 is 0 Å². The van der Waals surface area contributed by atoms with Crippen LogP contribution >= 0.6 is 0 Å². The lowest BCUT2D eigenvalue weighted by atomic mass is 9.89. The van der Waals surface area contributed by atoms with Crippen molar-refractivity contribution in [1.29, 1.82) is 0 Å². The average molecular weight is 364 g/mol. The zero-order valence-corrected chi connectivity index (χ0v) is 15.8. The van der Waals surface area contributed by atoms with E-state index in [9.17, 15) is 0 Å². The van der Waals surface area contributed by atoms with E-state index in [1.165, 1.54) is 25.7 Å². The van der Waals surface area contributed by atoms with Crippen LogP contribution in [0.25, 0.3) is 0 Å². The van der Waals surface area contributed by atoms with Crippen molar-refractivity contribution in [2.45, 2.75) is 69.6 Å². The van der Waals surface area contributed by atoms with Crippen molar-refractivity contribution in [3.8, 4) is 5.88 Å². The van der Waals surface area contributed by atoms with Gasteiger partial charge in [0.2, 0.25) is 0 Å². The summed E-state index contributed by atoms with van der Waals surface area (Å²) in [6.07, 6.45) is 9.32. The van der Waals surface area contributed by atoms with Crippen molar-refractivity contribution >= 4 is 5.69 Å². The van der Waals surface area contributed by atoms with Gasteiger partial charge in [0.05, 0.1) is 32.1 Å². The van der Waals surface area contributed by atoms with Crippen molar-refractivity contribution in [2.24, 2.45) is 0 Å². The van der Waals surface area contributed by atoms with E-state index in [1.54, 1.807) is 0 Å². The molecule has 146 valence electrons. The molecule has 2 aliphatic heterocycles. The van der Waals surface area contributed by atoms with Gasteiger partial charge in [-0.15, -0.1) is 5.10 Å². The van der Waals surface area contributed by atoms with Crippen molar-refractivity contribution < 1.29 is 14.2 Å². The molecule has 3 fully saturated rings. The predicted molar refractivity (Wildman–Crippen MR) is 99.4 cm³/mol. The van der Waals surface area contributed by atoms with Crippen LogP contribution < -0.4 is 10.5 Å². The minimum absolute atomic E-state index is 0.427. The maximum Gasteiger partial charge on any atom is 0.256 e. The molecule has 3 heterocycles. The van der Waals surface area contributed by atoms with Crippen LogP contribution in [-0.4, -0.2) is 65.8 Å². The van der Waals surface area contributed by atoms with Gasteiger partial charge in [-0.3, -0.25) is 9.58 Å². The Morgan fingerprint density at radius 3 is 2.38 bits per heavy atom. The molecule has 1 aromatic heterocycles. The molecule has 3 aliphatic rings. The fraction of sp³-hybridized carbons (Fsp3) is 0.842. The number of nitrogens with zero attached hydrogens (tertiary/aromatic N) is 3. The van der Waals surface area contributed by atoms with E-state index in [1.807, 2.05) is 17.8 Å². The first-order valence-electron chi connectivity index (χ1n) is 10.2. The molecular weight excluding hydrogens is 332 g/mol. The number of nitrogens with two attached hydrogens (primary N) is 1. The number of rotatable bonds is 7. The number of hydrogen-bond acceptors (Lipinski definition) is 6. The van der Waals surface area contributed by atoms with E-state index in [0.717, 1.165) is 26.1 Å². The molecule has 0 amide bonds. The van der Waals surface area contributed by atoms with Gasteiger partial charge in [0.1, 0.15) is 12.3 Å². The van der Waals surface area contributed by atoms with Crippen LogP contribution in [0.15, 0.2) is 6.20 Å². The summed E-state index contributed by atoms with van der Waals surface area (Å²) in [5.74, 6) is 0.540. The number of ether oxygens (including phenoxy) is 3. The zero-order chi connectivity index (χ0) is 17.9. The van der Waals surface area contributed by atoms with Crippen molar-refractivity contribution in [3.63, 3.8) is 0 Å². The molecule has 26 heavy (non-hydrogen) atoms. The Labute approximate surface area is 155 Å². The molecule has 0 unspecified atom stereocenters. The highest BCUT2D eigenvalue weighted by Crippen LogP contribution is 2.38. The fourth-order valence-electron chi connectivity index (χ4n) is 4.91. The molecule has 2 bridgehead atoms. The minimum atomic E-state index is 0.427. The van der Waals surface area contributed by atoms with Crippen molar-refractivity contribution in [3.05, 3.63) is 6.20 Å². The molecular formula is C19H32N4O3. The summed E-state index contributed by atoms with van der Waals surface area (Å²) in [5.41, 5.74) is 6.70. The SMILES string of the molecule is CCOCCOc1nn([C@H]2CC[C@H](N3[C@@H]4CC[C@H]3COC4)CC2)cc1N. The van der Waals surface area contributed by atoms with Gasteiger partial charge in [-0.25, -0.2) is 0 Å². The topological polar surface area (TPSA) is 74.8 Å². The first-order chi connectivity index (χ1) is 12.8. The smallest absolute Gasteiger partial charge is 0.256 e. The van der Waals surface area contributed by atoms with Gasteiger partial charge < -0.3 is 19.9 Å². The van der Waals surface area contributed by atoms with Gasteiger partial charge in [-0.05, 0) is 45.4 Å². The van der Waals surface area contributed by atoms with Crippen molar-refractivity contribution in [1.82, 2.24) is 14.7 Å². The molecule has 0 aromatic carbocycles. The van der Waals surface area contributed by atoms with Gasteiger partial charge in [-0.2, -0.15) is 0 Å². The molecule has 0 radical (unpaired) electrons. The highest BCUT2D eigenvalue weighted by atomic mass is 16.5. The molecule has 2 saturated heterocycles. The lowest BCUT2D eigenvalue weighted by molar-refractivity contribution is -0.0458. The molecule has 2 N–H and O–H groups in total. The third-order valence-corrected chi connectivity index (χ3v) is 6.15. The summed E-state index contributed by atoms with van der Waals surface area (Å²) in [5, 5.41) is 4.59. The van der Waals surface area contributed by atoms with E-state index < -0.39 is 0 Å². The largest absolute Gasteiger partial charge is 0.473 e. The zero-order valence-electron chi connectivity index (χ0n) is 15.8. The van der Waals surface area contributed by atoms with E-state index in [-0.39, 0.29) is 0 Å². The van der Waals surface area contributed by atoms with Gasteiger partial charge in [0.25, 0.3) is 5.88 Å². The molecule has 0 spiro atoms. The summed E-state index contributed by atoms with van der Waals surface area (Å²) in [6.45, 7) is 5.57. The Balaban J connectivity index is 1.31. The second-order valence-electron chi connectivity index (χ2n) is 7.75. The maximum atomic E-state index is 6.08. The Morgan fingerprint density at radius 2 is 1.69 bits per heavy atom. The van der Waals surface area contributed by atoms with E-state index in [0.29, 0.717) is 55.6 Å². The highest BCUT2D eigenvalue weighted by Gasteiger charge is 2.42. The van der Waals surface area contributed by atoms with Crippen LogP contribution in [0.3, 0.4) is 0 Å². The highest BCUT2D eigenvalue weighted by molar-refractivity contribution is 5.46. The van der Waals surface area contributed by atoms with Gasteiger partial charge >= 0.3 is 0 Å². The first kappa shape index (κ1) is 18.1.